The van der Waals surface area contributed by atoms with Crippen molar-refractivity contribution in [3.63, 3.8) is 0 Å². The van der Waals surface area contributed by atoms with E-state index in [1.54, 1.807) is 7.11 Å². The van der Waals surface area contributed by atoms with Crippen molar-refractivity contribution in [3.8, 4) is 11.8 Å². The number of rotatable bonds is 7. The van der Waals surface area contributed by atoms with E-state index in [1.165, 1.54) is 0 Å². The van der Waals surface area contributed by atoms with E-state index < -0.39 is 18.3 Å². The molecule has 2 rings (SSSR count). The molecular formula is C14H17N3O5. The second kappa shape index (κ2) is 7.30. The van der Waals surface area contributed by atoms with Gasteiger partial charge in [0.25, 0.3) is 0 Å². The van der Waals surface area contributed by atoms with Crippen LogP contribution < -0.4 is 10.5 Å². The summed E-state index contributed by atoms with van der Waals surface area (Å²) in [4.78, 5) is 14.7. The zero-order valence-corrected chi connectivity index (χ0v) is 12.1. The van der Waals surface area contributed by atoms with Crippen LogP contribution in [-0.2, 0) is 17.6 Å². The Labute approximate surface area is 126 Å². The van der Waals surface area contributed by atoms with Crippen LogP contribution in [0.15, 0.2) is 28.8 Å². The predicted octanol–water partition coefficient (Wildman–Crippen LogP) is 1.42. The van der Waals surface area contributed by atoms with Crippen molar-refractivity contribution in [1.29, 1.82) is 0 Å². The fraction of sp³-hybridized carbons (Fsp3) is 0.357. The monoisotopic (exact) mass is 307 g/mol. The number of nitrogens with two attached hydrogens (primary N) is 1. The maximum atomic E-state index is 11.0. The number of carbonyl (C=O) groups excluding carboxylic acids is 1. The molecule has 1 aromatic carbocycles. The average Bonchev–Trinajstić information content (AvgIpc) is 2.91. The summed E-state index contributed by atoms with van der Waals surface area (Å²) < 4.78 is 14.7. The smallest absolute Gasteiger partial charge is 0.414 e. The summed E-state index contributed by atoms with van der Waals surface area (Å²) in [5, 5.41) is 12.6. The van der Waals surface area contributed by atoms with Gasteiger partial charge in [-0.2, -0.15) is 4.98 Å². The minimum Gasteiger partial charge on any atom is -0.497 e. The normalized spacial score (nSPS) is 11.9. The number of nitrogens with zero attached hydrogens (tertiary/aromatic N) is 2. The number of aromatic nitrogens is 2. The molecule has 3 N–H and O–H groups in total. The van der Waals surface area contributed by atoms with Gasteiger partial charge in [0, 0.05) is 12.8 Å². The number of aromatic hydroxyl groups is 1. The summed E-state index contributed by atoms with van der Waals surface area (Å²) in [6, 6.07) is 7.43. The Morgan fingerprint density at radius 3 is 2.68 bits per heavy atom. The van der Waals surface area contributed by atoms with Gasteiger partial charge in [-0.1, -0.05) is 17.3 Å². The number of benzene rings is 1. The van der Waals surface area contributed by atoms with Crippen molar-refractivity contribution in [1.82, 2.24) is 10.1 Å². The first-order valence-electron chi connectivity index (χ1n) is 6.67. The molecule has 0 aliphatic carbocycles. The minimum absolute atomic E-state index is 0.338. The van der Waals surface area contributed by atoms with Crippen LogP contribution in [0, 0.1) is 0 Å². The first-order chi connectivity index (χ1) is 10.6. The van der Waals surface area contributed by atoms with Gasteiger partial charge in [-0.25, -0.2) is 4.79 Å². The lowest BCUT2D eigenvalue weighted by Gasteiger charge is -2.16. The lowest BCUT2D eigenvalue weighted by atomic mass is 10.0. The first kappa shape index (κ1) is 15.6. The molecule has 0 aliphatic rings. The number of primary amides is 1. The lowest BCUT2D eigenvalue weighted by Crippen LogP contribution is -2.25. The Balaban J connectivity index is 1.96. The Hall–Kier alpha value is -2.77. The molecule has 1 amide bonds. The fourth-order valence-electron chi connectivity index (χ4n) is 2.03. The maximum absolute atomic E-state index is 11.0. The summed E-state index contributed by atoms with van der Waals surface area (Å²) in [6.07, 6.45) is -0.415. The van der Waals surface area contributed by atoms with Gasteiger partial charge < -0.3 is 20.3 Å². The Kier molecular flexibility index (Phi) is 5.18. The molecule has 0 fully saturated rings. The van der Waals surface area contributed by atoms with Crippen LogP contribution in [0.2, 0.25) is 0 Å². The molecular weight excluding hydrogens is 290 g/mol. The van der Waals surface area contributed by atoms with Gasteiger partial charge >= 0.3 is 12.2 Å². The number of aryl methyl sites for hydroxylation is 1. The molecule has 0 radical (unpaired) electrons. The number of ether oxygens (including phenoxy) is 2. The van der Waals surface area contributed by atoms with Crippen molar-refractivity contribution in [3.05, 3.63) is 35.7 Å². The van der Waals surface area contributed by atoms with Crippen LogP contribution in [-0.4, -0.2) is 34.6 Å². The van der Waals surface area contributed by atoms with Crippen LogP contribution >= 0.6 is 0 Å². The fourth-order valence-corrected chi connectivity index (χ4v) is 2.03. The number of carbonyl (C=O) groups is 1. The van der Waals surface area contributed by atoms with E-state index in [2.05, 4.69) is 14.7 Å². The van der Waals surface area contributed by atoms with E-state index in [9.17, 15) is 4.79 Å². The average molecular weight is 307 g/mol. The van der Waals surface area contributed by atoms with E-state index in [0.29, 0.717) is 25.1 Å². The van der Waals surface area contributed by atoms with Gasteiger partial charge in [0.2, 0.25) is 0 Å². The molecule has 1 atom stereocenters. The van der Waals surface area contributed by atoms with Crippen LogP contribution in [0.1, 0.15) is 17.8 Å². The number of methoxy groups -OCH3 is 1. The molecule has 0 spiro atoms. The van der Waals surface area contributed by atoms with Gasteiger partial charge in [-0.15, -0.1) is 0 Å². The van der Waals surface area contributed by atoms with E-state index in [0.717, 1.165) is 11.3 Å². The molecule has 1 heterocycles. The molecule has 1 unspecified atom stereocenters. The van der Waals surface area contributed by atoms with E-state index in [4.69, 9.17) is 20.3 Å². The summed E-state index contributed by atoms with van der Waals surface area (Å²) >= 11 is 0. The molecule has 22 heavy (non-hydrogen) atoms. The Morgan fingerprint density at radius 1 is 1.41 bits per heavy atom. The summed E-state index contributed by atoms with van der Waals surface area (Å²) in [5.41, 5.74) is 6.07. The third kappa shape index (κ3) is 4.65. The van der Waals surface area contributed by atoms with Crippen molar-refractivity contribution < 1.29 is 23.9 Å². The molecule has 8 heteroatoms. The maximum Gasteiger partial charge on any atom is 0.414 e. The second-order valence-corrected chi connectivity index (χ2v) is 4.64. The van der Waals surface area contributed by atoms with Crippen molar-refractivity contribution in [2.75, 3.05) is 7.11 Å². The Morgan fingerprint density at radius 2 is 2.14 bits per heavy atom. The summed E-state index contributed by atoms with van der Waals surface area (Å²) in [7, 11) is 1.59. The number of hydrogen-bond donors (Lipinski definition) is 2. The van der Waals surface area contributed by atoms with Crippen LogP contribution in [0.25, 0.3) is 0 Å². The highest BCUT2D eigenvalue weighted by atomic mass is 16.6. The third-order valence-electron chi connectivity index (χ3n) is 3.05. The number of hydrogen-bond acceptors (Lipinski definition) is 7. The van der Waals surface area contributed by atoms with Crippen LogP contribution in [0.4, 0.5) is 4.79 Å². The predicted molar refractivity (Wildman–Crippen MR) is 75.4 cm³/mol. The van der Waals surface area contributed by atoms with Gasteiger partial charge in [0.1, 0.15) is 11.9 Å². The zero-order chi connectivity index (χ0) is 15.9. The molecule has 1 aromatic heterocycles. The van der Waals surface area contributed by atoms with Crippen molar-refractivity contribution in [2.24, 2.45) is 5.73 Å². The molecule has 0 aliphatic heterocycles. The largest absolute Gasteiger partial charge is 0.497 e. The highest BCUT2D eigenvalue weighted by molar-refractivity contribution is 5.64. The van der Waals surface area contributed by atoms with Gasteiger partial charge in [-0.05, 0) is 24.1 Å². The lowest BCUT2D eigenvalue weighted by molar-refractivity contribution is 0.101. The van der Waals surface area contributed by atoms with E-state index in [1.807, 2.05) is 24.3 Å². The molecule has 118 valence electrons. The van der Waals surface area contributed by atoms with Crippen LogP contribution in [0.5, 0.6) is 11.8 Å². The topological polar surface area (TPSA) is 121 Å². The molecule has 0 saturated carbocycles. The highest BCUT2D eigenvalue weighted by Crippen LogP contribution is 2.16. The molecule has 0 bridgehead atoms. The summed E-state index contributed by atoms with van der Waals surface area (Å²) in [5.74, 6) is 1.09. The minimum atomic E-state index is -0.838. The quantitative estimate of drug-likeness (QED) is 0.793. The third-order valence-corrected chi connectivity index (χ3v) is 3.05. The Bertz CT molecular complexity index is 611. The molecule has 0 saturated heterocycles. The van der Waals surface area contributed by atoms with Gasteiger partial charge in [0.15, 0.2) is 5.82 Å². The first-order valence-corrected chi connectivity index (χ1v) is 6.67. The van der Waals surface area contributed by atoms with Crippen LogP contribution in [0.3, 0.4) is 0 Å². The summed E-state index contributed by atoms with van der Waals surface area (Å²) in [6.45, 7) is 0. The highest BCUT2D eigenvalue weighted by Gasteiger charge is 2.16. The SMILES string of the molecule is COc1ccc(CC(CCc2noc(O)n2)OC(N)=O)cc1. The van der Waals surface area contributed by atoms with Gasteiger partial charge in [0.05, 0.1) is 7.11 Å². The molecule has 2 aromatic rings. The molecule has 8 nitrogen and oxygen atoms in total. The van der Waals surface area contributed by atoms with Crippen molar-refractivity contribution in [2.45, 2.75) is 25.4 Å². The van der Waals surface area contributed by atoms with Gasteiger partial charge in [-0.3, -0.25) is 4.52 Å². The van der Waals surface area contributed by atoms with Crippen molar-refractivity contribution >= 4 is 6.09 Å². The zero-order valence-electron chi connectivity index (χ0n) is 12.1. The van der Waals surface area contributed by atoms with E-state index >= 15 is 0 Å². The second-order valence-electron chi connectivity index (χ2n) is 4.64. The number of amides is 1. The van der Waals surface area contributed by atoms with E-state index in [-0.39, 0.29) is 0 Å². The standard InChI is InChI=1S/C14H17N3O5/c1-20-10-4-2-9(3-5-10)8-11(21-13(15)18)6-7-12-16-14(19)22-17-12/h2-5,11H,6-8H2,1H3,(H2,15,18)(H,16,17,19).